The number of benzene rings is 1. The van der Waals surface area contributed by atoms with Gasteiger partial charge in [-0.2, -0.15) is 0 Å². The third-order valence-corrected chi connectivity index (χ3v) is 2.09. The predicted octanol–water partition coefficient (Wildman–Crippen LogP) is 0.891. The molecule has 0 unspecified atom stereocenters. The Morgan fingerprint density at radius 1 is 1.59 bits per heavy atom. The van der Waals surface area contributed by atoms with Gasteiger partial charge in [0.1, 0.15) is 11.4 Å². The fraction of sp³-hybridized carbons (Fsp3) is 0.300. The summed E-state index contributed by atoms with van der Waals surface area (Å²) in [6.45, 7) is 0.239. The normalized spacial score (nSPS) is 9.71. The van der Waals surface area contributed by atoms with Crippen LogP contribution in [0.1, 0.15) is 6.42 Å². The number of nitro benzene ring substituents is 1. The van der Waals surface area contributed by atoms with E-state index >= 15 is 0 Å². The van der Waals surface area contributed by atoms with Crippen LogP contribution in [0.5, 0.6) is 5.75 Å². The van der Waals surface area contributed by atoms with E-state index in [1.165, 1.54) is 25.3 Å². The van der Waals surface area contributed by atoms with Gasteiger partial charge in [-0.05, 0) is 6.07 Å². The maximum absolute atomic E-state index is 10.8. The third kappa shape index (κ3) is 3.63. The number of carbonyl (C=O) groups excluding carboxylic acids is 1. The SMILES string of the molecule is COc1ccc([N+](=O)[O-])c(NCCC(N)=O)c1. The standard InChI is InChI=1S/C10H13N3O4/c1-17-7-2-3-9(13(15)16)8(6-7)12-5-4-10(11)14/h2-3,6,12H,4-5H2,1H3,(H2,11,14). The van der Waals surface area contributed by atoms with Crippen molar-refractivity contribution < 1.29 is 14.5 Å². The van der Waals surface area contributed by atoms with Gasteiger partial charge in [-0.15, -0.1) is 0 Å². The van der Waals surface area contributed by atoms with Gasteiger partial charge in [0.2, 0.25) is 5.91 Å². The molecule has 3 N–H and O–H groups in total. The van der Waals surface area contributed by atoms with Crippen molar-refractivity contribution in [3.8, 4) is 5.75 Å². The number of hydrogen-bond donors (Lipinski definition) is 2. The molecule has 0 atom stereocenters. The van der Waals surface area contributed by atoms with Gasteiger partial charge in [0.15, 0.2) is 0 Å². The highest BCUT2D eigenvalue weighted by Gasteiger charge is 2.14. The van der Waals surface area contributed by atoms with Crippen LogP contribution in [0.2, 0.25) is 0 Å². The average molecular weight is 239 g/mol. The van der Waals surface area contributed by atoms with E-state index in [1.807, 2.05) is 0 Å². The van der Waals surface area contributed by atoms with Crippen LogP contribution in [-0.4, -0.2) is 24.5 Å². The van der Waals surface area contributed by atoms with Crippen LogP contribution in [-0.2, 0) is 4.79 Å². The monoisotopic (exact) mass is 239 g/mol. The van der Waals surface area contributed by atoms with Crippen molar-refractivity contribution in [1.29, 1.82) is 0 Å². The number of hydrogen-bond acceptors (Lipinski definition) is 5. The lowest BCUT2D eigenvalue weighted by atomic mass is 10.2. The number of methoxy groups -OCH3 is 1. The number of nitrogens with zero attached hydrogens (tertiary/aromatic N) is 1. The van der Waals surface area contributed by atoms with Crippen LogP contribution in [0.25, 0.3) is 0 Å². The van der Waals surface area contributed by atoms with Gasteiger partial charge in [-0.1, -0.05) is 0 Å². The molecule has 0 radical (unpaired) electrons. The molecule has 0 aliphatic rings. The second-order valence-corrected chi connectivity index (χ2v) is 3.28. The van der Waals surface area contributed by atoms with Crippen molar-refractivity contribution in [2.24, 2.45) is 5.73 Å². The lowest BCUT2D eigenvalue weighted by molar-refractivity contribution is -0.384. The van der Waals surface area contributed by atoms with Crippen LogP contribution in [0.3, 0.4) is 0 Å². The van der Waals surface area contributed by atoms with E-state index in [1.54, 1.807) is 0 Å². The van der Waals surface area contributed by atoms with E-state index in [0.29, 0.717) is 11.4 Å². The van der Waals surface area contributed by atoms with Crippen LogP contribution >= 0.6 is 0 Å². The van der Waals surface area contributed by atoms with Crippen LogP contribution in [0.15, 0.2) is 18.2 Å². The second-order valence-electron chi connectivity index (χ2n) is 3.28. The Morgan fingerprint density at radius 3 is 2.82 bits per heavy atom. The number of primary amides is 1. The summed E-state index contributed by atoms with van der Waals surface area (Å²) < 4.78 is 4.96. The van der Waals surface area contributed by atoms with Crippen molar-refractivity contribution in [3.05, 3.63) is 28.3 Å². The minimum absolute atomic E-state index is 0.0738. The molecular formula is C10H13N3O4. The number of rotatable bonds is 6. The molecule has 1 aromatic carbocycles. The minimum Gasteiger partial charge on any atom is -0.497 e. The Morgan fingerprint density at radius 2 is 2.29 bits per heavy atom. The topological polar surface area (TPSA) is 107 Å². The highest BCUT2D eigenvalue weighted by Crippen LogP contribution is 2.28. The second kappa shape index (κ2) is 5.69. The molecular weight excluding hydrogens is 226 g/mol. The molecule has 17 heavy (non-hydrogen) atoms. The summed E-state index contributed by atoms with van der Waals surface area (Å²) in [5.74, 6) is 0.0280. The fourth-order valence-electron chi connectivity index (χ4n) is 1.26. The van der Waals surface area contributed by atoms with E-state index in [2.05, 4.69) is 5.32 Å². The molecule has 0 heterocycles. The first-order valence-corrected chi connectivity index (χ1v) is 4.89. The zero-order chi connectivity index (χ0) is 12.8. The highest BCUT2D eigenvalue weighted by molar-refractivity contribution is 5.74. The van der Waals surface area contributed by atoms with Gasteiger partial charge < -0.3 is 15.8 Å². The van der Waals surface area contributed by atoms with Crippen molar-refractivity contribution in [3.63, 3.8) is 0 Å². The quantitative estimate of drug-likeness (QED) is 0.566. The number of amides is 1. The molecule has 1 amide bonds. The molecule has 0 spiro atoms. The van der Waals surface area contributed by atoms with Crippen LogP contribution < -0.4 is 15.8 Å². The number of carbonyl (C=O) groups is 1. The van der Waals surface area contributed by atoms with Gasteiger partial charge in [0, 0.05) is 25.1 Å². The lowest BCUT2D eigenvalue weighted by Gasteiger charge is -2.07. The van der Waals surface area contributed by atoms with E-state index in [9.17, 15) is 14.9 Å². The minimum atomic E-state index is -0.508. The van der Waals surface area contributed by atoms with Gasteiger partial charge in [-0.25, -0.2) is 0 Å². The first-order valence-electron chi connectivity index (χ1n) is 4.89. The Balaban J connectivity index is 2.85. The molecule has 92 valence electrons. The smallest absolute Gasteiger partial charge is 0.292 e. The molecule has 0 saturated carbocycles. The maximum Gasteiger partial charge on any atom is 0.292 e. The summed E-state index contributed by atoms with van der Waals surface area (Å²) in [7, 11) is 1.47. The first-order chi connectivity index (χ1) is 8.04. The van der Waals surface area contributed by atoms with E-state index in [-0.39, 0.29) is 18.7 Å². The van der Waals surface area contributed by atoms with Gasteiger partial charge in [0.25, 0.3) is 5.69 Å². The van der Waals surface area contributed by atoms with Crippen LogP contribution in [0.4, 0.5) is 11.4 Å². The number of nitrogens with one attached hydrogen (secondary N) is 1. The van der Waals surface area contributed by atoms with Gasteiger partial charge >= 0.3 is 0 Å². The zero-order valence-corrected chi connectivity index (χ0v) is 9.30. The number of ether oxygens (including phenoxy) is 1. The number of anilines is 1. The average Bonchev–Trinajstić information content (AvgIpc) is 2.28. The largest absolute Gasteiger partial charge is 0.497 e. The molecule has 1 rings (SSSR count). The molecule has 1 aromatic rings. The van der Waals surface area contributed by atoms with E-state index in [4.69, 9.17) is 10.5 Å². The molecule has 0 aliphatic carbocycles. The fourth-order valence-corrected chi connectivity index (χ4v) is 1.26. The van der Waals surface area contributed by atoms with Gasteiger partial charge in [-0.3, -0.25) is 14.9 Å². The van der Waals surface area contributed by atoms with Crippen LogP contribution in [0, 0.1) is 10.1 Å². The summed E-state index contributed by atoms with van der Waals surface area (Å²) >= 11 is 0. The van der Waals surface area contributed by atoms with Gasteiger partial charge in [0.05, 0.1) is 12.0 Å². The molecule has 7 heteroatoms. The zero-order valence-electron chi connectivity index (χ0n) is 9.30. The van der Waals surface area contributed by atoms with Crippen molar-refractivity contribution in [1.82, 2.24) is 0 Å². The van der Waals surface area contributed by atoms with E-state index in [0.717, 1.165) is 0 Å². The Bertz CT molecular complexity index is 434. The Labute approximate surface area is 97.7 Å². The molecule has 0 aromatic heterocycles. The Hall–Kier alpha value is -2.31. The first kappa shape index (κ1) is 12.8. The predicted molar refractivity (Wildman–Crippen MR) is 61.9 cm³/mol. The third-order valence-electron chi connectivity index (χ3n) is 2.09. The highest BCUT2D eigenvalue weighted by atomic mass is 16.6. The molecule has 0 fully saturated rings. The van der Waals surface area contributed by atoms with Crippen molar-refractivity contribution in [2.45, 2.75) is 6.42 Å². The number of nitrogens with two attached hydrogens (primary N) is 1. The summed E-state index contributed by atoms with van der Waals surface area (Å²) in [6, 6.07) is 4.34. The summed E-state index contributed by atoms with van der Waals surface area (Å²) in [5.41, 5.74) is 5.20. The lowest BCUT2D eigenvalue weighted by Crippen LogP contribution is -2.16. The summed E-state index contributed by atoms with van der Waals surface area (Å²) in [6.07, 6.45) is 0.106. The van der Waals surface area contributed by atoms with Crippen molar-refractivity contribution in [2.75, 3.05) is 19.0 Å². The Kier molecular flexibility index (Phi) is 4.27. The van der Waals surface area contributed by atoms with Crippen molar-refractivity contribution >= 4 is 17.3 Å². The number of nitro groups is 1. The maximum atomic E-state index is 10.8. The molecule has 7 nitrogen and oxygen atoms in total. The van der Waals surface area contributed by atoms with E-state index < -0.39 is 10.8 Å². The molecule has 0 bridgehead atoms. The summed E-state index contributed by atoms with van der Waals surface area (Å²) in [5, 5.41) is 13.5. The molecule has 0 saturated heterocycles. The summed E-state index contributed by atoms with van der Waals surface area (Å²) in [4.78, 5) is 20.8. The molecule has 0 aliphatic heterocycles.